The van der Waals surface area contributed by atoms with Crippen LogP contribution in [0.25, 0.3) is 10.8 Å². The van der Waals surface area contributed by atoms with Gasteiger partial charge < -0.3 is 5.73 Å². The summed E-state index contributed by atoms with van der Waals surface area (Å²) in [4.78, 5) is 0. The Kier molecular flexibility index (Phi) is 2.90. The van der Waals surface area contributed by atoms with Crippen molar-refractivity contribution in [3.8, 4) is 0 Å². The Bertz CT molecular complexity index is 645. The van der Waals surface area contributed by atoms with Crippen LogP contribution in [-0.4, -0.2) is 11.7 Å². The van der Waals surface area contributed by atoms with E-state index in [1.54, 1.807) is 6.07 Å². The lowest BCUT2D eigenvalue weighted by atomic mass is 10.0. The second kappa shape index (κ2) is 4.38. The van der Waals surface area contributed by atoms with Crippen molar-refractivity contribution in [2.45, 2.75) is 31.1 Å². The van der Waals surface area contributed by atoms with E-state index in [2.05, 4.69) is 5.32 Å². The maximum Gasteiger partial charge on any atom is 0.406 e. The molecule has 5 heteroatoms. The number of nitrogen functional groups attached to an aromatic ring is 1. The normalized spacial score (nSPS) is 17.4. The summed E-state index contributed by atoms with van der Waals surface area (Å²) >= 11 is 0. The fourth-order valence-corrected chi connectivity index (χ4v) is 2.41. The van der Waals surface area contributed by atoms with Crippen LogP contribution in [0, 0.1) is 0 Å². The molecule has 1 fully saturated rings. The van der Waals surface area contributed by atoms with Gasteiger partial charge >= 0.3 is 6.18 Å². The van der Waals surface area contributed by atoms with Crippen molar-refractivity contribution in [2.24, 2.45) is 0 Å². The molecule has 106 valence electrons. The van der Waals surface area contributed by atoms with E-state index >= 15 is 0 Å². The van der Waals surface area contributed by atoms with E-state index in [9.17, 15) is 13.2 Å². The van der Waals surface area contributed by atoms with Gasteiger partial charge in [-0.2, -0.15) is 13.2 Å². The Balaban J connectivity index is 1.83. The first kappa shape index (κ1) is 13.2. The first-order valence-electron chi connectivity index (χ1n) is 6.50. The van der Waals surface area contributed by atoms with Gasteiger partial charge in [0.05, 0.1) is 0 Å². The molecule has 1 aliphatic carbocycles. The predicted molar refractivity (Wildman–Crippen MR) is 73.2 cm³/mol. The maximum atomic E-state index is 12.9. The molecule has 2 nitrogen and oxygen atoms in total. The number of halogens is 3. The van der Waals surface area contributed by atoms with Crippen LogP contribution in [0.2, 0.25) is 0 Å². The molecule has 1 aliphatic rings. The largest absolute Gasteiger partial charge is 0.406 e. The minimum absolute atomic E-state index is 0.135. The number of anilines is 1. The molecule has 0 aliphatic heterocycles. The molecule has 0 amide bonds. The Morgan fingerprint density at radius 2 is 1.70 bits per heavy atom. The molecule has 3 rings (SSSR count). The van der Waals surface area contributed by atoms with E-state index in [1.807, 2.05) is 30.3 Å². The molecule has 0 bridgehead atoms. The summed E-state index contributed by atoms with van der Waals surface area (Å²) in [5, 5.41) is 4.60. The molecule has 3 N–H and O–H groups in total. The summed E-state index contributed by atoms with van der Waals surface area (Å²) in [7, 11) is 0. The Morgan fingerprint density at radius 3 is 2.25 bits per heavy atom. The van der Waals surface area contributed by atoms with Crippen LogP contribution in [0.5, 0.6) is 0 Å². The van der Waals surface area contributed by atoms with Crippen molar-refractivity contribution in [3.05, 3.63) is 42.0 Å². The van der Waals surface area contributed by atoms with Gasteiger partial charge in [-0.05, 0) is 41.3 Å². The highest BCUT2D eigenvalue weighted by molar-refractivity contribution is 5.86. The van der Waals surface area contributed by atoms with Crippen molar-refractivity contribution in [3.63, 3.8) is 0 Å². The zero-order chi connectivity index (χ0) is 14.4. The van der Waals surface area contributed by atoms with Gasteiger partial charge in [-0.1, -0.05) is 24.3 Å². The molecule has 0 unspecified atom stereocenters. The molecule has 0 radical (unpaired) electrons. The maximum absolute atomic E-state index is 12.9. The third-order valence-corrected chi connectivity index (χ3v) is 3.92. The van der Waals surface area contributed by atoms with E-state index in [4.69, 9.17) is 5.73 Å². The molecule has 2 aromatic carbocycles. The van der Waals surface area contributed by atoms with Gasteiger partial charge in [0.15, 0.2) is 0 Å². The van der Waals surface area contributed by atoms with Gasteiger partial charge in [0.1, 0.15) is 5.54 Å². The Hall–Kier alpha value is -1.75. The zero-order valence-electron chi connectivity index (χ0n) is 10.8. The quantitative estimate of drug-likeness (QED) is 0.843. The summed E-state index contributed by atoms with van der Waals surface area (Å²) in [6.45, 7) is 0.135. The van der Waals surface area contributed by atoms with Crippen LogP contribution in [0.1, 0.15) is 18.4 Å². The van der Waals surface area contributed by atoms with Gasteiger partial charge in [-0.25, -0.2) is 0 Å². The monoisotopic (exact) mass is 280 g/mol. The molecule has 20 heavy (non-hydrogen) atoms. The number of rotatable bonds is 3. The van der Waals surface area contributed by atoms with Gasteiger partial charge in [0.2, 0.25) is 0 Å². The number of nitrogens with one attached hydrogen (secondary N) is 1. The summed E-state index contributed by atoms with van der Waals surface area (Å²) in [6.07, 6.45) is -3.91. The van der Waals surface area contributed by atoms with Crippen LogP contribution in [-0.2, 0) is 6.54 Å². The lowest BCUT2D eigenvalue weighted by molar-refractivity contribution is -0.166. The van der Waals surface area contributed by atoms with E-state index in [0.717, 1.165) is 10.8 Å². The number of hydrogen-bond acceptors (Lipinski definition) is 2. The molecular weight excluding hydrogens is 265 g/mol. The van der Waals surface area contributed by atoms with E-state index < -0.39 is 11.7 Å². The fourth-order valence-electron chi connectivity index (χ4n) is 2.41. The Morgan fingerprint density at radius 1 is 1.10 bits per heavy atom. The summed E-state index contributed by atoms with van der Waals surface area (Å²) in [5.74, 6) is 0. The summed E-state index contributed by atoms with van der Waals surface area (Å²) < 4.78 is 38.6. The summed E-state index contributed by atoms with van der Waals surface area (Å²) in [6, 6.07) is 11.3. The first-order valence-corrected chi connectivity index (χ1v) is 6.50. The van der Waals surface area contributed by atoms with Crippen LogP contribution >= 0.6 is 0 Å². The molecule has 0 aromatic heterocycles. The topological polar surface area (TPSA) is 38.0 Å². The SMILES string of the molecule is Nc1cc2ccccc2cc1CNC1(C(F)(F)F)CC1. The predicted octanol–water partition coefficient (Wildman–Crippen LogP) is 3.61. The number of nitrogens with two attached hydrogens (primary N) is 1. The highest BCUT2D eigenvalue weighted by Gasteiger charge is 2.62. The lowest BCUT2D eigenvalue weighted by Gasteiger charge is -2.21. The lowest BCUT2D eigenvalue weighted by Crippen LogP contribution is -2.44. The first-order chi connectivity index (χ1) is 9.41. The molecule has 2 aromatic rings. The molecule has 0 heterocycles. The van der Waals surface area contributed by atoms with E-state index in [-0.39, 0.29) is 19.4 Å². The van der Waals surface area contributed by atoms with E-state index in [0.29, 0.717) is 11.3 Å². The van der Waals surface area contributed by atoms with Crippen LogP contribution in [0.4, 0.5) is 18.9 Å². The molecule has 0 atom stereocenters. The minimum atomic E-state index is -4.20. The average Bonchev–Trinajstić information content (AvgIpc) is 3.17. The van der Waals surface area contributed by atoms with Crippen molar-refractivity contribution >= 4 is 16.5 Å². The second-order valence-electron chi connectivity index (χ2n) is 5.33. The third-order valence-electron chi connectivity index (χ3n) is 3.92. The standard InChI is InChI=1S/C15H15F3N2/c16-15(17,18)14(5-6-14)20-9-12-7-10-3-1-2-4-11(10)8-13(12)19/h1-4,7-8,20H,5-6,9,19H2. The van der Waals surface area contributed by atoms with Gasteiger partial charge in [-0.3, -0.25) is 5.32 Å². The molecule has 1 saturated carbocycles. The van der Waals surface area contributed by atoms with Crippen molar-refractivity contribution < 1.29 is 13.2 Å². The molecule has 0 saturated heterocycles. The number of hydrogen-bond donors (Lipinski definition) is 2. The van der Waals surface area contributed by atoms with Crippen molar-refractivity contribution in [1.82, 2.24) is 5.32 Å². The smallest absolute Gasteiger partial charge is 0.398 e. The number of benzene rings is 2. The Labute approximate surface area is 114 Å². The average molecular weight is 280 g/mol. The second-order valence-corrected chi connectivity index (χ2v) is 5.33. The van der Waals surface area contributed by atoms with Crippen LogP contribution < -0.4 is 11.1 Å². The summed E-state index contributed by atoms with van der Waals surface area (Å²) in [5.41, 5.74) is 5.45. The van der Waals surface area contributed by atoms with E-state index in [1.165, 1.54) is 0 Å². The minimum Gasteiger partial charge on any atom is -0.398 e. The van der Waals surface area contributed by atoms with Crippen molar-refractivity contribution in [1.29, 1.82) is 0 Å². The third kappa shape index (κ3) is 2.22. The van der Waals surface area contributed by atoms with Crippen LogP contribution in [0.3, 0.4) is 0 Å². The van der Waals surface area contributed by atoms with Crippen LogP contribution in [0.15, 0.2) is 36.4 Å². The van der Waals surface area contributed by atoms with Gasteiger partial charge in [-0.15, -0.1) is 0 Å². The molecular formula is C15H15F3N2. The number of fused-ring (bicyclic) bond motifs is 1. The van der Waals surface area contributed by atoms with Crippen molar-refractivity contribution in [2.75, 3.05) is 5.73 Å². The van der Waals surface area contributed by atoms with Gasteiger partial charge in [0.25, 0.3) is 0 Å². The molecule has 0 spiro atoms. The van der Waals surface area contributed by atoms with Gasteiger partial charge in [0, 0.05) is 12.2 Å². The zero-order valence-corrected chi connectivity index (χ0v) is 10.8. The highest BCUT2D eigenvalue weighted by Crippen LogP contribution is 2.49. The highest BCUT2D eigenvalue weighted by atomic mass is 19.4. The fraction of sp³-hybridized carbons (Fsp3) is 0.333. The number of alkyl halides is 3.